The summed E-state index contributed by atoms with van der Waals surface area (Å²) in [5, 5.41) is 12.5. The number of benzene rings is 2. The molecule has 2 aromatic rings. The molecule has 142 valence electrons. The molecule has 1 heterocycles. The summed E-state index contributed by atoms with van der Waals surface area (Å²) in [4.78, 5) is 15.9. The van der Waals surface area contributed by atoms with Gasteiger partial charge < -0.3 is 9.94 Å². The molecule has 0 saturated heterocycles. The minimum Gasteiger partial charge on any atom is -0.478 e. The average molecular weight is 439 g/mol. The van der Waals surface area contributed by atoms with Gasteiger partial charge in [0.15, 0.2) is 0 Å². The number of carboxylic acids is 1. The fourth-order valence-electron chi connectivity index (χ4n) is 2.71. The molecule has 1 aliphatic rings. The monoisotopic (exact) mass is 437 g/mol. The fraction of sp³-hybridized carbons (Fsp3) is 0.176. The van der Waals surface area contributed by atoms with Crippen LogP contribution in [0.5, 0.6) is 0 Å². The molecule has 1 atom stereocenters. The quantitative estimate of drug-likeness (QED) is 0.646. The van der Waals surface area contributed by atoms with Crippen LogP contribution >= 0.6 is 34.8 Å². The number of hydrogen-bond donors (Lipinski definition) is 1. The van der Waals surface area contributed by atoms with Crippen molar-refractivity contribution in [2.45, 2.75) is 18.2 Å². The molecule has 0 fully saturated rings. The number of oxime groups is 1. The first kappa shape index (κ1) is 19.8. The molecule has 1 unspecified atom stereocenters. The van der Waals surface area contributed by atoms with Crippen molar-refractivity contribution in [1.29, 1.82) is 0 Å². The molecule has 27 heavy (non-hydrogen) atoms. The highest BCUT2D eigenvalue weighted by atomic mass is 35.5. The van der Waals surface area contributed by atoms with Gasteiger partial charge in [-0.1, -0.05) is 46.0 Å². The molecule has 0 radical (unpaired) electrons. The van der Waals surface area contributed by atoms with Crippen molar-refractivity contribution < 1.29 is 27.9 Å². The van der Waals surface area contributed by atoms with Crippen LogP contribution in [-0.2, 0) is 10.4 Å². The maximum Gasteiger partial charge on any atom is 0.435 e. The molecule has 3 rings (SSSR count). The standard InChI is InChI=1S/C17H9Cl3F3NO3/c18-10-4-9(5-11(19)6-10)16(17(21,22)23)7-14(24-27-16)8-1-2-12(15(25)26)13(20)3-8/h1-6H,7H2,(H,25,26). The number of aromatic carboxylic acids is 1. The van der Waals surface area contributed by atoms with Gasteiger partial charge in [0.25, 0.3) is 5.60 Å². The molecule has 0 aromatic heterocycles. The summed E-state index contributed by atoms with van der Waals surface area (Å²) >= 11 is 17.6. The predicted molar refractivity (Wildman–Crippen MR) is 94.8 cm³/mol. The SMILES string of the molecule is O=C(O)c1ccc(C2=NOC(c3cc(Cl)cc(Cl)c3)(C(F)(F)F)C2)cc1Cl. The Morgan fingerprint density at radius 3 is 2.26 bits per heavy atom. The number of nitrogens with zero attached hydrogens (tertiary/aromatic N) is 1. The highest BCUT2D eigenvalue weighted by molar-refractivity contribution is 6.35. The van der Waals surface area contributed by atoms with E-state index in [1.54, 1.807) is 0 Å². The number of carbonyl (C=O) groups is 1. The van der Waals surface area contributed by atoms with E-state index < -0.39 is 24.2 Å². The van der Waals surface area contributed by atoms with Gasteiger partial charge in [-0.15, -0.1) is 0 Å². The van der Waals surface area contributed by atoms with Gasteiger partial charge in [-0.05, 0) is 30.3 Å². The van der Waals surface area contributed by atoms with Gasteiger partial charge in [0, 0.05) is 27.6 Å². The second-order valence-electron chi connectivity index (χ2n) is 5.79. The van der Waals surface area contributed by atoms with E-state index in [0.717, 1.165) is 12.1 Å². The van der Waals surface area contributed by atoms with E-state index in [1.807, 2.05) is 0 Å². The van der Waals surface area contributed by atoms with Gasteiger partial charge in [-0.3, -0.25) is 0 Å². The minimum atomic E-state index is -4.82. The van der Waals surface area contributed by atoms with Gasteiger partial charge in [0.1, 0.15) is 0 Å². The van der Waals surface area contributed by atoms with E-state index in [-0.39, 0.29) is 37.5 Å². The summed E-state index contributed by atoms with van der Waals surface area (Å²) in [5.74, 6) is -1.26. The maximum atomic E-state index is 13.9. The Morgan fingerprint density at radius 2 is 1.74 bits per heavy atom. The summed E-state index contributed by atoms with van der Waals surface area (Å²) in [6.45, 7) is 0. The highest BCUT2D eigenvalue weighted by Crippen LogP contribution is 2.49. The molecule has 2 aromatic carbocycles. The summed E-state index contributed by atoms with van der Waals surface area (Å²) in [6, 6.07) is 7.25. The molecule has 1 aliphatic heterocycles. The Labute approximate surface area is 166 Å². The van der Waals surface area contributed by atoms with E-state index in [9.17, 15) is 18.0 Å². The smallest absolute Gasteiger partial charge is 0.435 e. The largest absolute Gasteiger partial charge is 0.478 e. The van der Waals surface area contributed by atoms with Gasteiger partial charge >= 0.3 is 12.1 Å². The van der Waals surface area contributed by atoms with E-state index in [4.69, 9.17) is 44.7 Å². The van der Waals surface area contributed by atoms with Crippen molar-refractivity contribution in [3.05, 3.63) is 68.2 Å². The predicted octanol–water partition coefficient (Wildman–Crippen LogP) is 5.93. The number of hydrogen-bond acceptors (Lipinski definition) is 3. The van der Waals surface area contributed by atoms with E-state index in [0.29, 0.717) is 0 Å². The zero-order valence-electron chi connectivity index (χ0n) is 13.1. The maximum absolute atomic E-state index is 13.9. The van der Waals surface area contributed by atoms with Crippen molar-refractivity contribution in [2.75, 3.05) is 0 Å². The van der Waals surface area contributed by atoms with Crippen LogP contribution in [0.2, 0.25) is 15.1 Å². The van der Waals surface area contributed by atoms with Crippen LogP contribution in [0.3, 0.4) is 0 Å². The van der Waals surface area contributed by atoms with Gasteiger partial charge in [0.2, 0.25) is 0 Å². The van der Waals surface area contributed by atoms with Crippen LogP contribution in [0.1, 0.15) is 27.9 Å². The lowest BCUT2D eigenvalue weighted by Crippen LogP contribution is -2.42. The van der Waals surface area contributed by atoms with Crippen LogP contribution in [0.15, 0.2) is 41.6 Å². The average Bonchev–Trinajstić information content (AvgIpc) is 3.00. The number of halogens is 6. The molecule has 0 aliphatic carbocycles. The van der Waals surface area contributed by atoms with Crippen LogP contribution in [0.25, 0.3) is 0 Å². The molecule has 0 amide bonds. The normalized spacial score (nSPS) is 19.6. The number of carboxylic acid groups (broad SMARTS) is 1. The second kappa shape index (κ2) is 6.89. The number of rotatable bonds is 3. The first-order valence-corrected chi connectivity index (χ1v) is 8.48. The molecular weight excluding hydrogens is 430 g/mol. The Kier molecular flexibility index (Phi) is 5.05. The van der Waals surface area contributed by atoms with Crippen molar-refractivity contribution in [2.24, 2.45) is 5.16 Å². The van der Waals surface area contributed by atoms with E-state index in [1.165, 1.54) is 24.3 Å². The first-order chi connectivity index (χ1) is 12.5. The summed E-state index contributed by atoms with van der Waals surface area (Å²) < 4.78 is 41.7. The van der Waals surface area contributed by atoms with Crippen LogP contribution in [0, 0.1) is 0 Å². The second-order valence-corrected chi connectivity index (χ2v) is 7.07. The van der Waals surface area contributed by atoms with Crippen LogP contribution in [-0.4, -0.2) is 23.0 Å². The Bertz CT molecular complexity index is 942. The molecule has 0 saturated carbocycles. The molecule has 0 spiro atoms. The lowest BCUT2D eigenvalue weighted by Gasteiger charge is -2.29. The zero-order chi connectivity index (χ0) is 20.0. The van der Waals surface area contributed by atoms with Gasteiger partial charge in [-0.25, -0.2) is 4.79 Å². The van der Waals surface area contributed by atoms with Gasteiger partial charge in [-0.2, -0.15) is 13.2 Å². The highest BCUT2D eigenvalue weighted by Gasteiger charge is 2.62. The lowest BCUT2D eigenvalue weighted by atomic mass is 9.86. The topological polar surface area (TPSA) is 58.9 Å². The summed E-state index contributed by atoms with van der Waals surface area (Å²) in [7, 11) is 0. The number of alkyl halides is 3. The molecule has 0 bridgehead atoms. The fourth-order valence-corrected chi connectivity index (χ4v) is 3.50. The summed E-state index contributed by atoms with van der Waals surface area (Å²) in [5.41, 5.74) is -3.07. The minimum absolute atomic E-state index is 0.0204. The Balaban J connectivity index is 2.02. The van der Waals surface area contributed by atoms with Crippen LogP contribution in [0.4, 0.5) is 13.2 Å². The van der Waals surface area contributed by atoms with Crippen molar-refractivity contribution in [3.63, 3.8) is 0 Å². The third-order valence-electron chi connectivity index (χ3n) is 4.05. The first-order valence-electron chi connectivity index (χ1n) is 7.35. The van der Waals surface area contributed by atoms with Crippen molar-refractivity contribution >= 4 is 46.5 Å². The van der Waals surface area contributed by atoms with Crippen molar-refractivity contribution in [1.82, 2.24) is 0 Å². The molecular formula is C17H9Cl3F3NO3. The molecule has 4 nitrogen and oxygen atoms in total. The van der Waals surface area contributed by atoms with Gasteiger partial charge in [0.05, 0.1) is 16.3 Å². The Hall–Kier alpha value is -1.96. The summed E-state index contributed by atoms with van der Waals surface area (Å²) in [6.07, 6.45) is -5.48. The molecule has 1 N–H and O–H groups in total. The third-order valence-corrected chi connectivity index (χ3v) is 4.80. The van der Waals surface area contributed by atoms with E-state index >= 15 is 0 Å². The van der Waals surface area contributed by atoms with Crippen LogP contribution < -0.4 is 0 Å². The molecule has 10 heteroatoms. The third kappa shape index (κ3) is 3.59. The zero-order valence-corrected chi connectivity index (χ0v) is 15.4. The Morgan fingerprint density at radius 1 is 1.11 bits per heavy atom. The lowest BCUT2D eigenvalue weighted by molar-refractivity contribution is -0.275. The van der Waals surface area contributed by atoms with E-state index in [2.05, 4.69) is 5.16 Å². The van der Waals surface area contributed by atoms with Crippen molar-refractivity contribution in [3.8, 4) is 0 Å².